The summed E-state index contributed by atoms with van der Waals surface area (Å²) >= 11 is 0. The molecule has 1 saturated heterocycles. The number of hydrogen-bond donors (Lipinski definition) is 0. The van der Waals surface area contributed by atoms with Crippen LogP contribution in [-0.4, -0.2) is 44.5 Å². The fourth-order valence-corrected chi connectivity index (χ4v) is 3.88. The van der Waals surface area contributed by atoms with Crippen molar-refractivity contribution in [2.24, 2.45) is 0 Å². The summed E-state index contributed by atoms with van der Waals surface area (Å²) in [7, 11) is 1.69. The Balaban J connectivity index is 1.42. The zero-order chi connectivity index (χ0) is 20.1. The standard InChI is InChI=1S/C25H26N2O2/c1-29-24-12-8-21(9-13-24)25-5-3-2-4-22(25)18-26-14-16-27(17-15-26)23-10-6-20(19-28)7-11-23/h2-13,19H,14-18H2,1H3. The third kappa shape index (κ3) is 4.49. The van der Waals surface area contributed by atoms with Crippen molar-refractivity contribution < 1.29 is 9.53 Å². The van der Waals surface area contributed by atoms with Crippen LogP contribution in [0.3, 0.4) is 0 Å². The van der Waals surface area contributed by atoms with Crippen molar-refractivity contribution in [2.45, 2.75) is 6.54 Å². The minimum atomic E-state index is 0.725. The number of hydrogen-bond acceptors (Lipinski definition) is 4. The minimum absolute atomic E-state index is 0.725. The second kappa shape index (κ2) is 8.93. The smallest absolute Gasteiger partial charge is 0.150 e. The van der Waals surface area contributed by atoms with Crippen LogP contribution in [0.2, 0.25) is 0 Å². The monoisotopic (exact) mass is 386 g/mol. The van der Waals surface area contributed by atoms with Gasteiger partial charge in [0.05, 0.1) is 7.11 Å². The molecule has 3 aromatic rings. The number of carbonyl (C=O) groups excluding carboxylic acids is 1. The van der Waals surface area contributed by atoms with Crippen molar-refractivity contribution in [1.29, 1.82) is 0 Å². The molecule has 4 nitrogen and oxygen atoms in total. The maximum atomic E-state index is 10.8. The van der Waals surface area contributed by atoms with Gasteiger partial charge in [-0.05, 0) is 53.1 Å². The van der Waals surface area contributed by atoms with E-state index in [1.807, 2.05) is 36.4 Å². The fraction of sp³-hybridized carbons (Fsp3) is 0.240. The molecule has 0 aliphatic carbocycles. The van der Waals surface area contributed by atoms with Crippen LogP contribution in [0.5, 0.6) is 5.75 Å². The number of piperazine rings is 1. The summed E-state index contributed by atoms with van der Waals surface area (Å²) in [5.41, 5.74) is 5.76. The first-order chi connectivity index (χ1) is 14.3. The molecule has 0 amide bonds. The Morgan fingerprint density at radius 2 is 1.55 bits per heavy atom. The quantitative estimate of drug-likeness (QED) is 0.584. The third-order valence-electron chi connectivity index (χ3n) is 5.58. The van der Waals surface area contributed by atoms with Gasteiger partial charge in [0.2, 0.25) is 0 Å². The lowest BCUT2D eigenvalue weighted by Gasteiger charge is -2.36. The first-order valence-electron chi connectivity index (χ1n) is 10.0. The van der Waals surface area contributed by atoms with Crippen molar-refractivity contribution in [2.75, 3.05) is 38.2 Å². The molecule has 0 saturated carbocycles. The first-order valence-corrected chi connectivity index (χ1v) is 10.0. The largest absolute Gasteiger partial charge is 0.497 e. The van der Waals surface area contributed by atoms with Gasteiger partial charge < -0.3 is 9.64 Å². The molecule has 0 unspecified atom stereocenters. The van der Waals surface area contributed by atoms with E-state index in [0.29, 0.717) is 0 Å². The molecule has 4 rings (SSSR count). The van der Waals surface area contributed by atoms with Crippen molar-refractivity contribution in [3.8, 4) is 16.9 Å². The van der Waals surface area contributed by atoms with Crippen LogP contribution in [0.1, 0.15) is 15.9 Å². The molecule has 1 aliphatic heterocycles. The molecular weight excluding hydrogens is 360 g/mol. The van der Waals surface area contributed by atoms with E-state index in [2.05, 4.69) is 46.2 Å². The van der Waals surface area contributed by atoms with Gasteiger partial charge in [-0.2, -0.15) is 0 Å². The van der Waals surface area contributed by atoms with E-state index in [1.54, 1.807) is 7.11 Å². The molecule has 0 aromatic heterocycles. The van der Waals surface area contributed by atoms with E-state index in [4.69, 9.17) is 4.74 Å². The van der Waals surface area contributed by atoms with Crippen LogP contribution in [0.25, 0.3) is 11.1 Å². The highest BCUT2D eigenvalue weighted by Crippen LogP contribution is 2.27. The third-order valence-corrected chi connectivity index (χ3v) is 5.58. The molecule has 3 aromatic carbocycles. The second-order valence-corrected chi connectivity index (χ2v) is 7.36. The van der Waals surface area contributed by atoms with Crippen molar-refractivity contribution >= 4 is 12.0 Å². The number of carbonyl (C=O) groups is 1. The molecule has 29 heavy (non-hydrogen) atoms. The van der Waals surface area contributed by atoms with Crippen LogP contribution in [0.15, 0.2) is 72.8 Å². The van der Waals surface area contributed by atoms with E-state index >= 15 is 0 Å². The first kappa shape index (κ1) is 19.2. The maximum Gasteiger partial charge on any atom is 0.150 e. The molecule has 0 bridgehead atoms. The van der Waals surface area contributed by atoms with Gasteiger partial charge >= 0.3 is 0 Å². The Labute approximate surface area is 172 Å². The molecule has 1 fully saturated rings. The molecule has 1 aliphatic rings. The Morgan fingerprint density at radius 3 is 2.21 bits per heavy atom. The summed E-state index contributed by atoms with van der Waals surface area (Å²) in [5.74, 6) is 0.878. The van der Waals surface area contributed by atoms with E-state index in [1.165, 1.54) is 22.4 Å². The van der Waals surface area contributed by atoms with Crippen LogP contribution < -0.4 is 9.64 Å². The predicted molar refractivity (Wildman–Crippen MR) is 118 cm³/mol. The predicted octanol–water partition coefficient (Wildman–Crippen LogP) is 4.50. The molecule has 148 valence electrons. The summed E-state index contributed by atoms with van der Waals surface area (Å²) in [6.07, 6.45) is 0.891. The van der Waals surface area contributed by atoms with Gasteiger partial charge in [0.25, 0.3) is 0 Å². The normalized spacial score (nSPS) is 14.6. The molecule has 1 heterocycles. The van der Waals surface area contributed by atoms with Gasteiger partial charge in [0.15, 0.2) is 0 Å². The number of anilines is 1. The van der Waals surface area contributed by atoms with Gasteiger partial charge in [-0.1, -0.05) is 36.4 Å². The second-order valence-electron chi connectivity index (χ2n) is 7.36. The van der Waals surface area contributed by atoms with E-state index < -0.39 is 0 Å². The average molecular weight is 386 g/mol. The summed E-state index contributed by atoms with van der Waals surface area (Å²) < 4.78 is 5.29. The molecule has 0 spiro atoms. The Morgan fingerprint density at radius 1 is 0.862 bits per heavy atom. The van der Waals surface area contributed by atoms with Crippen LogP contribution >= 0.6 is 0 Å². The minimum Gasteiger partial charge on any atom is -0.497 e. The number of ether oxygens (including phenoxy) is 1. The van der Waals surface area contributed by atoms with Gasteiger partial charge in [0, 0.05) is 44.0 Å². The number of rotatable bonds is 6. The molecule has 0 radical (unpaired) electrons. The van der Waals surface area contributed by atoms with Gasteiger partial charge in [-0.15, -0.1) is 0 Å². The summed E-state index contributed by atoms with van der Waals surface area (Å²) in [4.78, 5) is 15.7. The highest BCUT2D eigenvalue weighted by Gasteiger charge is 2.18. The fourth-order valence-electron chi connectivity index (χ4n) is 3.88. The van der Waals surface area contributed by atoms with E-state index in [-0.39, 0.29) is 0 Å². The van der Waals surface area contributed by atoms with Gasteiger partial charge in [0.1, 0.15) is 12.0 Å². The Hall–Kier alpha value is -3.11. The zero-order valence-electron chi connectivity index (χ0n) is 16.8. The number of aldehydes is 1. The average Bonchev–Trinajstić information content (AvgIpc) is 2.80. The van der Waals surface area contributed by atoms with Crippen molar-refractivity contribution in [1.82, 2.24) is 4.90 Å². The lowest BCUT2D eigenvalue weighted by Crippen LogP contribution is -2.46. The van der Waals surface area contributed by atoms with Gasteiger partial charge in [-0.25, -0.2) is 0 Å². The van der Waals surface area contributed by atoms with E-state index in [9.17, 15) is 4.79 Å². The number of benzene rings is 3. The van der Waals surface area contributed by atoms with Crippen molar-refractivity contribution in [3.63, 3.8) is 0 Å². The van der Waals surface area contributed by atoms with Gasteiger partial charge in [-0.3, -0.25) is 9.69 Å². The summed E-state index contributed by atoms with van der Waals surface area (Å²) in [6, 6.07) is 24.8. The van der Waals surface area contributed by atoms with E-state index in [0.717, 1.165) is 50.3 Å². The number of methoxy groups -OCH3 is 1. The summed E-state index contributed by atoms with van der Waals surface area (Å²) in [6.45, 7) is 4.97. The summed E-state index contributed by atoms with van der Waals surface area (Å²) in [5, 5.41) is 0. The van der Waals surface area contributed by atoms with Crippen LogP contribution in [0, 0.1) is 0 Å². The Kier molecular flexibility index (Phi) is 5.92. The maximum absolute atomic E-state index is 10.8. The lowest BCUT2D eigenvalue weighted by atomic mass is 9.99. The highest BCUT2D eigenvalue weighted by atomic mass is 16.5. The Bertz CT molecular complexity index is 943. The molecule has 0 N–H and O–H groups in total. The van der Waals surface area contributed by atoms with Crippen molar-refractivity contribution in [3.05, 3.63) is 83.9 Å². The topological polar surface area (TPSA) is 32.8 Å². The van der Waals surface area contributed by atoms with Crippen LogP contribution in [0.4, 0.5) is 5.69 Å². The molecule has 0 atom stereocenters. The molecular formula is C25H26N2O2. The zero-order valence-corrected chi connectivity index (χ0v) is 16.8. The number of nitrogens with zero attached hydrogens (tertiary/aromatic N) is 2. The highest BCUT2D eigenvalue weighted by molar-refractivity contribution is 5.75. The van der Waals surface area contributed by atoms with Crippen LogP contribution in [-0.2, 0) is 6.54 Å². The SMILES string of the molecule is COc1ccc(-c2ccccc2CN2CCN(c3ccc(C=O)cc3)CC2)cc1. The lowest BCUT2D eigenvalue weighted by molar-refractivity contribution is 0.112. The molecule has 4 heteroatoms.